The van der Waals surface area contributed by atoms with Crippen molar-refractivity contribution in [2.75, 3.05) is 0 Å². The van der Waals surface area contributed by atoms with Crippen LogP contribution >= 0.6 is 0 Å². The average Bonchev–Trinajstić information content (AvgIpc) is 2.40. The molecule has 0 spiro atoms. The molecule has 0 bridgehead atoms. The second kappa shape index (κ2) is 2.62. The molecule has 0 heterocycles. The number of hydrogen-bond acceptors (Lipinski definition) is 3. The highest BCUT2D eigenvalue weighted by atomic mass is 16.6. The van der Waals surface area contributed by atoms with Gasteiger partial charge in [0.05, 0.1) is 0 Å². The fourth-order valence-corrected chi connectivity index (χ4v) is 0.737. The SMILES string of the molecule is CC(C)(C)OC(=O)NC1(O)CC1. The van der Waals surface area contributed by atoms with E-state index in [0.29, 0.717) is 12.8 Å². The number of ether oxygens (including phenoxy) is 1. The van der Waals surface area contributed by atoms with Gasteiger partial charge in [-0.2, -0.15) is 0 Å². The molecule has 1 fully saturated rings. The van der Waals surface area contributed by atoms with Gasteiger partial charge in [-0.3, -0.25) is 5.32 Å². The summed E-state index contributed by atoms with van der Waals surface area (Å²) in [5.41, 5.74) is -1.49. The monoisotopic (exact) mass is 173 g/mol. The van der Waals surface area contributed by atoms with Crippen LogP contribution in [0, 0.1) is 0 Å². The second-order valence-corrected chi connectivity index (χ2v) is 4.16. The van der Waals surface area contributed by atoms with Crippen molar-refractivity contribution in [3.05, 3.63) is 0 Å². The van der Waals surface area contributed by atoms with E-state index in [1.165, 1.54) is 0 Å². The van der Waals surface area contributed by atoms with E-state index in [4.69, 9.17) is 4.74 Å². The molecule has 0 aromatic carbocycles. The van der Waals surface area contributed by atoms with Crippen LogP contribution in [0.1, 0.15) is 33.6 Å². The van der Waals surface area contributed by atoms with Gasteiger partial charge < -0.3 is 9.84 Å². The van der Waals surface area contributed by atoms with Crippen LogP contribution in [0.3, 0.4) is 0 Å². The Bertz CT molecular complexity index is 182. The number of nitrogens with one attached hydrogen (secondary N) is 1. The van der Waals surface area contributed by atoms with Crippen LogP contribution in [0.15, 0.2) is 0 Å². The van der Waals surface area contributed by atoms with Gasteiger partial charge in [0.1, 0.15) is 11.3 Å². The Balaban J connectivity index is 2.30. The molecule has 0 aromatic heterocycles. The lowest BCUT2D eigenvalue weighted by molar-refractivity contribution is 0.0304. The summed E-state index contributed by atoms with van der Waals surface area (Å²) in [5, 5.41) is 11.7. The van der Waals surface area contributed by atoms with Gasteiger partial charge >= 0.3 is 6.09 Å². The molecule has 1 aliphatic carbocycles. The smallest absolute Gasteiger partial charge is 0.409 e. The van der Waals surface area contributed by atoms with Crippen molar-refractivity contribution in [1.82, 2.24) is 5.32 Å². The molecule has 1 saturated carbocycles. The molecule has 12 heavy (non-hydrogen) atoms. The van der Waals surface area contributed by atoms with Crippen molar-refractivity contribution in [2.24, 2.45) is 0 Å². The molecule has 0 aromatic rings. The van der Waals surface area contributed by atoms with Gasteiger partial charge in [0, 0.05) is 0 Å². The first-order chi connectivity index (χ1) is 5.31. The van der Waals surface area contributed by atoms with Gasteiger partial charge in [0.25, 0.3) is 0 Å². The minimum absolute atomic E-state index is 0.505. The third kappa shape index (κ3) is 3.09. The van der Waals surface area contributed by atoms with E-state index in [1.807, 2.05) is 0 Å². The molecule has 0 atom stereocenters. The molecule has 0 unspecified atom stereocenters. The van der Waals surface area contributed by atoms with Crippen molar-refractivity contribution < 1.29 is 14.6 Å². The first kappa shape index (κ1) is 9.32. The third-order valence-electron chi connectivity index (χ3n) is 1.46. The summed E-state index contributed by atoms with van der Waals surface area (Å²) in [4.78, 5) is 11.0. The van der Waals surface area contributed by atoms with E-state index in [9.17, 15) is 9.90 Å². The van der Waals surface area contributed by atoms with E-state index in [0.717, 1.165) is 0 Å². The first-order valence-electron chi connectivity index (χ1n) is 4.04. The molecule has 70 valence electrons. The predicted octanol–water partition coefficient (Wildman–Crippen LogP) is 0.994. The highest BCUT2D eigenvalue weighted by Crippen LogP contribution is 2.31. The Morgan fingerprint density at radius 3 is 2.33 bits per heavy atom. The maximum atomic E-state index is 11.0. The highest BCUT2D eigenvalue weighted by Gasteiger charge is 2.42. The van der Waals surface area contributed by atoms with E-state index in [2.05, 4.69) is 5.32 Å². The molecule has 1 aliphatic rings. The van der Waals surface area contributed by atoms with E-state index < -0.39 is 17.4 Å². The summed E-state index contributed by atoms with van der Waals surface area (Å²) in [6.07, 6.45) is 0.681. The van der Waals surface area contributed by atoms with Crippen molar-refractivity contribution in [3.8, 4) is 0 Å². The molecule has 0 radical (unpaired) electrons. The lowest BCUT2D eigenvalue weighted by Crippen LogP contribution is -2.40. The Hall–Kier alpha value is -0.770. The number of carbonyl (C=O) groups is 1. The van der Waals surface area contributed by atoms with Gasteiger partial charge in [0.2, 0.25) is 0 Å². The van der Waals surface area contributed by atoms with Crippen molar-refractivity contribution in [2.45, 2.75) is 44.9 Å². The van der Waals surface area contributed by atoms with Crippen LogP contribution in [0.25, 0.3) is 0 Å². The highest BCUT2D eigenvalue weighted by molar-refractivity contribution is 5.68. The van der Waals surface area contributed by atoms with Crippen molar-refractivity contribution >= 4 is 6.09 Å². The van der Waals surface area contributed by atoms with E-state index >= 15 is 0 Å². The summed E-state index contributed by atoms with van der Waals surface area (Å²) in [6, 6.07) is 0. The minimum atomic E-state index is -0.984. The number of aliphatic hydroxyl groups is 1. The number of carbonyl (C=O) groups excluding carboxylic acids is 1. The van der Waals surface area contributed by atoms with Crippen LogP contribution in [0.2, 0.25) is 0 Å². The summed E-state index contributed by atoms with van der Waals surface area (Å²) < 4.78 is 4.94. The Morgan fingerprint density at radius 1 is 1.50 bits per heavy atom. The first-order valence-corrected chi connectivity index (χ1v) is 4.04. The Morgan fingerprint density at radius 2 is 2.00 bits per heavy atom. The molecular formula is C8H15NO3. The average molecular weight is 173 g/mol. The summed E-state index contributed by atoms with van der Waals surface area (Å²) in [7, 11) is 0. The number of hydrogen-bond donors (Lipinski definition) is 2. The molecule has 0 saturated heterocycles. The molecule has 4 heteroatoms. The van der Waals surface area contributed by atoms with Gasteiger partial charge in [-0.15, -0.1) is 0 Å². The number of rotatable bonds is 1. The summed E-state index contributed by atoms with van der Waals surface area (Å²) in [5.74, 6) is 0. The van der Waals surface area contributed by atoms with Crippen LogP contribution in [0.5, 0.6) is 0 Å². The molecule has 2 N–H and O–H groups in total. The van der Waals surface area contributed by atoms with Gasteiger partial charge in [0.15, 0.2) is 0 Å². The lowest BCUT2D eigenvalue weighted by Gasteiger charge is -2.21. The van der Waals surface area contributed by atoms with Crippen LogP contribution < -0.4 is 5.32 Å². The fraction of sp³-hybridized carbons (Fsp3) is 0.875. The third-order valence-corrected chi connectivity index (χ3v) is 1.46. The van der Waals surface area contributed by atoms with E-state index in [1.54, 1.807) is 20.8 Å². The minimum Gasteiger partial charge on any atom is -0.444 e. The lowest BCUT2D eigenvalue weighted by atomic mass is 10.2. The molecule has 1 amide bonds. The zero-order valence-corrected chi connectivity index (χ0v) is 7.68. The van der Waals surface area contributed by atoms with Crippen LogP contribution in [0.4, 0.5) is 4.79 Å². The molecule has 0 aliphatic heterocycles. The van der Waals surface area contributed by atoms with Crippen molar-refractivity contribution in [3.63, 3.8) is 0 Å². The summed E-state index contributed by atoms with van der Waals surface area (Å²) in [6.45, 7) is 5.34. The largest absolute Gasteiger partial charge is 0.444 e. The maximum absolute atomic E-state index is 11.0. The molecular weight excluding hydrogens is 158 g/mol. The van der Waals surface area contributed by atoms with Gasteiger partial charge in [-0.05, 0) is 33.6 Å². The standard InChI is InChI=1S/C8H15NO3/c1-7(2,3)12-6(10)9-8(11)4-5-8/h11H,4-5H2,1-3H3,(H,9,10). The number of alkyl carbamates (subject to hydrolysis) is 1. The zero-order valence-electron chi connectivity index (χ0n) is 7.68. The summed E-state index contributed by atoms with van der Waals surface area (Å²) >= 11 is 0. The predicted molar refractivity (Wildman–Crippen MR) is 43.6 cm³/mol. The quantitative estimate of drug-likeness (QED) is 0.581. The van der Waals surface area contributed by atoms with Crippen LogP contribution in [-0.2, 0) is 4.74 Å². The topological polar surface area (TPSA) is 58.6 Å². The molecule has 1 rings (SSSR count). The number of amides is 1. The van der Waals surface area contributed by atoms with E-state index in [-0.39, 0.29) is 0 Å². The Labute approximate surface area is 71.9 Å². The second-order valence-electron chi connectivity index (χ2n) is 4.16. The van der Waals surface area contributed by atoms with Crippen LogP contribution in [-0.4, -0.2) is 22.5 Å². The maximum Gasteiger partial charge on any atom is 0.409 e. The molecule has 4 nitrogen and oxygen atoms in total. The normalized spacial score (nSPS) is 20.0. The fourth-order valence-electron chi connectivity index (χ4n) is 0.737. The van der Waals surface area contributed by atoms with Crippen molar-refractivity contribution in [1.29, 1.82) is 0 Å². The van der Waals surface area contributed by atoms with Gasteiger partial charge in [-0.1, -0.05) is 0 Å². The Kier molecular flexibility index (Phi) is 2.04. The van der Waals surface area contributed by atoms with Gasteiger partial charge in [-0.25, -0.2) is 4.79 Å². The zero-order chi connectivity index (χ0) is 9.41.